The Morgan fingerprint density at radius 2 is 1.74 bits per heavy atom. The Morgan fingerprint density at radius 3 is 2.50 bits per heavy atom. The van der Waals surface area contributed by atoms with Crippen molar-refractivity contribution in [2.75, 3.05) is 23.8 Å². The van der Waals surface area contributed by atoms with Gasteiger partial charge in [-0.3, -0.25) is 9.59 Å². The predicted molar refractivity (Wildman–Crippen MR) is 134 cm³/mol. The second-order valence-electron chi connectivity index (χ2n) is 8.03. The van der Waals surface area contributed by atoms with Crippen molar-refractivity contribution in [3.8, 4) is 5.75 Å². The second kappa shape index (κ2) is 13.7. The highest BCUT2D eigenvalue weighted by molar-refractivity contribution is 5.96. The summed E-state index contributed by atoms with van der Waals surface area (Å²) in [6.45, 7) is 3.34. The van der Waals surface area contributed by atoms with E-state index >= 15 is 0 Å². The van der Waals surface area contributed by atoms with Crippen molar-refractivity contribution >= 4 is 23.2 Å². The summed E-state index contributed by atoms with van der Waals surface area (Å²) < 4.78 is 11.0. The van der Waals surface area contributed by atoms with E-state index in [1.807, 2.05) is 24.3 Å². The van der Waals surface area contributed by atoms with Crippen molar-refractivity contribution in [2.45, 2.75) is 45.6 Å². The standard InChI is InChI=1S/C27H33N3O4/c1-2-3-4-5-6-16-33-24-10-7-9-23(18-24)28-20-26(31)30-22-14-12-21(13-15-22)27(32)29-19-25-11-8-17-34-25/h7-15,17-18,28H,2-6,16,19-20H2,1H3,(H,29,32)(H,30,31). The summed E-state index contributed by atoms with van der Waals surface area (Å²) >= 11 is 0. The number of ether oxygens (including phenoxy) is 1. The fourth-order valence-electron chi connectivity index (χ4n) is 3.37. The van der Waals surface area contributed by atoms with Crippen LogP contribution < -0.4 is 20.7 Å². The van der Waals surface area contributed by atoms with Crippen LogP contribution in [0.1, 0.15) is 55.1 Å². The topological polar surface area (TPSA) is 92.6 Å². The third kappa shape index (κ3) is 8.65. The van der Waals surface area contributed by atoms with Gasteiger partial charge in [0.15, 0.2) is 0 Å². The molecular weight excluding hydrogens is 430 g/mol. The van der Waals surface area contributed by atoms with Gasteiger partial charge in [-0.25, -0.2) is 0 Å². The summed E-state index contributed by atoms with van der Waals surface area (Å²) in [5.41, 5.74) is 1.95. The quantitative estimate of drug-likeness (QED) is 0.270. The monoisotopic (exact) mass is 463 g/mol. The van der Waals surface area contributed by atoms with Crippen molar-refractivity contribution in [3.63, 3.8) is 0 Å². The molecule has 7 nitrogen and oxygen atoms in total. The van der Waals surface area contributed by atoms with Crippen molar-refractivity contribution < 1.29 is 18.7 Å². The lowest BCUT2D eigenvalue weighted by molar-refractivity contribution is -0.114. The molecule has 1 aromatic heterocycles. The van der Waals surface area contributed by atoms with E-state index in [0.717, 1.165) is 17.9 Å². The zero-order chi connectivity index (χ0) is 24.0. The molecule has 0 aliphatic rings. The minimum Gasteiger partial charge on any atom is -0.494 e. The largest absolute Gasteiger partial charge is 0.494 e. The fourth-order valence-corrected chi connectivity index (χ4v) is 3.37. The Morgan fingerprint density at radius 1 is 0.912 bits per heavy atom. The van der Waals surface area contributed by atoms with Gasteiger partial charge in [0.2, 0.25) is 5.91 Å². The SMILES string of the molecule is CCCCCCCOc1cccc(NCC(=O)Nc2ccc(C(=O)NCc3ccco3)cc2)c1. The molecule has 0 radical (unpaired) electrons. The lowest BCUT2D eigenvalue weighted by Crippen LogP contribution is -2.23. The normalized spacial score (nSPS) is 10.5. The Kier molecular flexibility index (Phi) is 10.1. The lowest BCUT2D eigenvalue weighted by atomic mass is 10.2. The molecule has 0 atom stereocenters. The van der Waals surface area contributed by atoms with Crippen LogP contribution >= 0.6 is 0 Å². The lowest BCUT2D eigenvalue weighted by Gasteiger charge is -2.11. The number of hydrogen-bond donors (Lipinski definition) is 3. The van der Waals surface area contributed by atoms with E-state index in [-0.39, 0.29) is 18.4 Å². The summed E-state index contributed by atoms with van der Waals surface area (Å²) in [6, 6.07) is 17.9. The number of anilines is 2. The second-order valence-corrected chi connectivity index (χ2v) is 8.03. The van der Waals surface area contributed by atoms with Gasteiger partial charge in [0.05, 0.1) is 26.0 Å². The maximum atomic E-state index is 12.3. The molecule has 0 fully saturated rings. The number of hydrogen-bond acceptors (Lipinski definition) is 5. The number of furan rings is 1. The Labute approximate surface area is 200 Å². The van der Waals surface area contributed by atoms with Crippen LogP contribution in [0.25, 0.3) is 0 Å². The zero-order valence-corrected chi connectivity index (χ0v) is 19.6. The summed E-state index contributed by atoms with van der Waals surface area (Å²) in [5, 5.41) is 8.73. The zero-order valence-electron chi connectivity index (χ0n) is 19.6. The minimum atomic E-state index is -0.209. The van der Waals surface area contributed by atoms with Crippen molar-refractivity contribution in [2.24, 2.45) is 0 Å². The molecule has 0 aliphatic carbocycles. The Hall–Kier alpha value is -3.74. The number of nitrogens with one attached hydrogen (secondary N) is 3. The number of carbonyl (C=O) groups excluding carboxylic acids is 2. The molecule has 3 rings (SSSR count). The van der Waals surface area contributed by atoms with E-state index < -0.39 is 0 Å². The molecule has 34 heavy (non-hydrogen) atoms. The average Bonchev–Trinajstić information content (AvgIpc) is 3.38. The van der Waals surface area contributed by atoms with E-state index in [9.17, 15) is 9.59 Å². The van der Waals surface area contributed by atoms with E-state index in [4.69, 9.17) is 9.15 Å². The minimum absolute atomic E-state index is 0.117. The number of carbonyl (C=O) groups is 2. The van der Waals surface area contributed by atoms with Gasteiger partial charge in [-0.1, -0.05) is 38.7 Å². The molecule has 3 aromatic rings. The highest BCUT2D eigenvalue weighted by atomic mass is 16.5. The van der Waals surface area contributed by atoms with Crippen LogP contribution in [-0.2, 0) is 11.3 Å². The van der Waals surface area contributed by atoms with Gasteiger partial charge in [-0.15, -0.1) is 0 Å². The molecule has 0 bridgehead atoms. The summed E-state index contributed by atoms with van der Waals surface area (Å²) in [4.78, 5) is 24.6. The fraction of sp³-hybridized carbons (Fsp3) is 0.333. The maximum Gasteiger partial charge on any atom is 0.251 e. The maximum absolute atomic E-state index is 12.3. The van der Waals surface area contributed by atoms with E-state index in [0.29, 0.717) is 30.2 Å². The van der Waals surface area contributed by atoms with Gasteiger partial charge in [-0.05, 0) is 55.0 Å². The van der Waals surface area contributed by atoms with E-state index in [1.165, 1.54) is 25.7 Å². The first-order valence-corrected chi connectivity index (χ1v) is 11.8. The molecule has 0 saturated heterocycles. The van der Waals surface area contributed by atoms with Gasteiger partial charge in [0.25, 0.3) is 5.91 Å². The van der Waals surface area contributed by atoms with Gasteiger partial charge in [-0.2, -0.15) is 0 Å². The first-order chi connectivity index (χ1) is 16.6. The van der Waals surface area contributed by atoms with Crippen LogP contribution in [0.2, 0.25) is 0 Å². The molecule has 1 heterocycles. The highest BCUT2D eigenvalue weighted by Crippen LogP contribution is 2.18. The van der Waals surface area contributed by atoms with Crippen LogP contribution in [-0.4, -0.2) is 25.0 Å². The number of unbranched alkanes of at least 4 members (excludes halogenated alkanes) is 4. The molecule has 0 aliphatic heterocycles. The van der Waals surface area contributed by atoms with Crippen LogP contribution in [0.3, 0.4) is 0 Å². The van der Waals surface area contributed by atoms with Crippen molar-refractivity contribution in [3.05, 3.63) is 78.3 Å². The molecule has 180 valence electrons. The smallest absolute Gasteiger partial charge is 0.251 e. The van der Waals surface area contributed by atoms with E-state index in [1.54, 1.807) is 42.7 Å². The van der Waals surface area contributed by atoms with Gasteiger partial charge in [0, 0.05) is 23.0 Å². The molecular formula is C27H33N3O4. The van der Waals surface area contributed by atoms with Crippen LogP contribution in [0, 0.1) is 0 Å². The summed E-state index contributed by atoms with van der Waals surface area (Å²) in [5.74, 6) is 1.09. The van der Waals surface area contributed by atoms with Crippen LogP contribution in [0.5, 0.6) is 5.75 Å². The van der Waals surface area contributed by atoms with E-state index in [2.05, 4.69) is 22.9 Å². The third-order valence-corrected chi connectivity index (χ3v) is 5.24. The number of benzene rings is 2. The van der Waals surface area contributed by atoms with Gasteiger partial charge >= 0.3 is 0 Å². The first kappa shape index (κ1) is 24.9. The predicted octanol–water partition coefficient (Wildman–Crippen LogP) is 5.61. The molecule has 7 heteroatoms. The molecule has 2 amide bonds. The molecule has 2 aromatic carbocycles. The van der Waals surface area contributed by atoms with Crippen molar-refractivity contribution in [1.29, 1.82) is 0 Å². The average molecular weight is 464 g/mol. The van der Waals surface area contributed by atoms with Crippen LogP contribution in [0.15, 0.2) is 71.3 Å². The number of rotatable bonds is 14. The molecule has 0 saturated carbocycles. The Bertz CT molecular complexity index is 1020. The van der Waals surface area contributed by atoms with Gasteiger partial charge in [0.1, 0.15) is 11.5 Å². The summed E-state index contributed by atoms with van der Waals surface area (Å²) in [6.07, 6.45) is 7.55. The first-order valence-electron chi connectivity index (χ1n) is 11.8. The molecule has 0 unspecified atom stereocenters. The van der Waals surface area contributed by atoms with Gasteiger partial charge < -0.3 is 25.1 Å². The summed E-state index contributed by atoms with van der Waals surface area (Å²) in [7, 11) is 0. The third-order valence-electron chi connectivity index (χ3n) is 5.24. The Balaban J connectivity index is 1.38. The van der Waals surface area contributed by atoms with Crippen molar-refractivity contribution in [1.82, 2.24) is 5.32 Å². The number of amides is 2. The van der Waals surface area contributed by atoms with Crippen LogP contribution in [0.4, 0.5) is 11.4 Å². The molecule has 3 N–H and O–H groups in total. The highest BCUT2D eigenvalue weighted by Gasteiger charge is 2.08. The molecule has 0 spiro atoms.